The van der Waals surface area contributed by atoms with Gasteiger partial charge in [-0.2, -0.15) is 0 Å². The largest absolute Gasteiger partial charge is 0.345 e. The summed E-state index contributed by atoms with van der Waals surface area (Å²) in [5.41, 5.74) is 2.47. The molecule has 0 spiro atoms. The Labute approximate surface area is 96.6 Å². The summed E-state index contributed by atoms with van der Waals surface area (Å²) in [4.78, 5) is 11.8. The van der Waals surface area contributed by atoms with Crippen molar-refractivity contribution in [2.24, 2.45) is 5.92 Å². The van der Waals surface area contributed by atoms with Crippen LogP contribution in [0.15, 0.2) is 12.3 Å². The maximum Gasteiger partial charge on any atom is 0.164 e. The Morgan fingerprint density at radius 1 is 1.31 bits per heavy atom. The molecule has 16 heavy (non-hydrogen) atoms. The Kier molecular flexibility index (Phi) is 2.04. The highest BCUT2D eigenvalue weighted by Gasteiger charge is 2.40. The van der Waals surface area contributed by atoms with Crippen LogP contribution in [0.25, 0.3) is 0 Å². The van der Waals surface area contributed by atoms with E-state index in [1.54, 1.807) is 0 Å². The van der Waals surface area contributed by atoms with Crippen LogP contribution in [0.1, 0.15) is 55.6 Å². The molecule has 86 valence electrons. The Bertz CT molecular complexity index is 438. The molecule has 0 saturated heterocycles. The van der Waals surface area contributed by atoms with Crippen molar-refractivity contribution in [2.75, 3.05) is 0 Å². The van der Waals surface area contributed by atoms with Crippen molar-refractivity contribution in [1.82, 2.24) is 4.57 Å². The monoisotopic (exact) mass is 217 g/mol. The minimum atomic E-state index is 0.200. The lowest BCUT2D eigenvalue weighted by Crippen LogP contribution is -2.30. The normalized spacial score (nSPS) is 21.0. The number of carbonyl (C=O) groups is 1. The number of rotatable bonds is 2. The number of hydrogen-bond acceptors (Lipinski definition) is 1. The molecule has 2 aliphatic carbocycles. The lowest BCUT2D eigenvalue weighted by molar-refractivity contribution is 0.0970. The molecule has 1 aromatic heterocycles. The highest BCUT2D eigenvalue weighted by molar-refractivity contribution is 5.98. The van der Waals surface area contributed by atoms with E-state index in [-0.39, 0.29) is 5.54 Å². The SMILES string of the molecule is CC(C)(C1CC1)n1ccc2c1CCCC2=O. The Hall–Kier alpha value is -1.05. The topological polar surface area (TPSA) is 22.0 Å². The summed E-state index contributed by atoms with van der Waals surface area (Å²) in [6, 6.07) is 2.03. The lowest BCUT2D eigenvalue weighted by atomic mass is 9.93. The van der Waals surface area contributed by atoms with Gasteiger partial charge >= 0.3 is 0 Å². The third-order valence-corrected chi connectivity index (χ3v) is 4.31. The van der Waals surface area contributed by atoms with E-state index in [4.69, 9.17) is 0 Å². The minimum Gasteiger partial charge on any atom is -0.345 e. The van der Waals surface area contributed by atoms with Crippen LogP contribution in [-0.4, -0.2) is 10.4 Å². The van der Waals surface area contributed by atoms with Crippen LogP contribution in [-0.2, 0) is 12.0 Å². The highest BCUT2D eigenvalue weighted by atomic mass is 16.1. The van der Waals surface area contributed by atoms with E-state index in [2.05, 4.69) is 24.6 Å². The first-order chi connectivity index (χ1) is 7.60. The number of nitrogens with zero attached hydrogens (tertiary/aromatic N) is 1. The summed E-state index contributed by atoms with van der Waals surface area (Å²) in [6.45, 7) is 4.62. The van der Waals surface area contributed by atoms with Crippen molar-refractivity contribution in [3.63, 3.8) is 0 Å². The standard InChI is InChI=1S/C14H19NO/c1-14(2,10-6-7-10)15-9-8-11-12(15)4-3-5-13(11)16/h8-10H,3-7H2,1-2H3. The van der Waals surface area contributed by atoms with Gasteiger partial charge in [0.1, 0.15) is 0 Å². The van der Waals surface area contributed by atoms with Gasteiger partial charge in [0.15, 0.2) is 5.78 Å². The van der Waals surface area contributed by atoms with E-state index < -0.39 is 0 Å². The number of ketones is 1. The summed E-state index contributed by atoms with van der Waals surface area (Å²) in [6.07, 6.45) is 7.65. The maximum atomic E-state index is 11.8. The van der Waals surface area contributed by atoms with E-state index in [9.17, 15) is 4.79 Å². The minimum absolute atomic E-state index is 0.200. The van der Waals surface area contributed by atoms with Gasteiger partial charge in [-0.25, -0.2) is 0 Å². The van der Waals surface area contributed by atoms with Crippen LogP contribution < -0.4 is 0 Å². The number of fused-ring (bicyclic) bond motifs is 1. The molecule has 0 unspecified atom stereocenters. The summed E-state index contributed by atoms with van der Waals surface area (Å²) in [5, 5.41) is 0. The van der Waals surface area contributed by atoms with E-state index in [0.29, 0.717) is 5.78 Å². The molecule has 2 heteroatoms. The molecular formula is C14H19NO. The molecule has 0 amide bonds. The molecule has 1 aromatic rings. The summed E-state index contributed by atoms with van der Waals surface area (Å²) in [5.74, 6) is 1.15. The third kappa shape index (κ3) is 1.35. The predicted octanol–water partition coefficient (Wildman–Crippen LogP) is 3.15. The van der Waals surface area contributed by atoms with Gasteiger partial charge in [0, 0.05) is 29.4 Å². The smallest absolute Gasteiger partial charge is 0.164 e. The summed E-state index contributed by atoms with van der Waals surface area (Å²) >= 11 is 0. The molecule has 0 atom stereocenters. The van der Waals surface area contributed by atoms with Gasteiger partial charge in [0.05, 0.1) is 0 Å². The molecule has 3 rings (SSSR count). The fraction of sp³-hybridized carbons (Fsp3) is 0.643. The van der Waals surface area contributed by atoms with Crippen LogP contribution >= 0.6 is 0 Å². The first kappa shape index (κ1) is 10.1. The van der Waals surface area contributed by atoms with Crippen molar-refractivity contribution in [3.05, 3.63) is 23.5 Å². The molecule has 0 aromatic carbocycles. The predicted molar refractivity (Wildman–Crippen MR) is 63.7 cm³/mol. The molecule has 2 aliphatic rings. The Morgan fingerprint density at radius 3 is 2.75 bits per heavy atom. The van der Waals surface area contributed by atoms with Gasteiger partial charge in [-0.1, -0.05) is 0 Å². The van der Waals surface area contributed by atoms with Crippen molar-refractivity contribution in [2.45, 2.75) is 51.5 Å². The zero-order valence-electron chi connectivity index (χ0n) is 10.1. The quantitative estimate of drug-likeness (QED) is 0.746. The fourth-order valence-corrected chi connectivity index (χ4v) is 3.05. The average molecular weight is 217 g/mol. The molecule has 1 heterocycles. The molecule has 0 N–H and O–H groups in total. The van der Waals surface area contributed by atoms with E-state index >= 15 is 0 Å². The number of carbonyl (C=O) groups excluding carboxylic acids is 1. The lowest BCUT2D eigenvalue weighted by Gasteiger charge is -2.30. The van der Waals surface area contributed by atoms with Crippen LogP contribution in [0.2, 0.25) is 0 Å². The second kappa shape index (κ2) is 3.22. The summed E-state index contributed by atoms with van der Waals surface area (Å²) < 4.78 is 2.37. The highest BCUT2D eigenvalue weighted by Crippen LogP contribution is 2.45. The first-order valence-corrected chi connectivity index (χ1v) is 6.34. The second-order valence-electron chi connectivity index (χ2n) is 5.75. The molecule has 0 radical (unpaired) electrons. The van der Waals surface area contributed by atoms with Gasteiger partial charge in [-0.15, -0.1) is 0 Å². The van der Waals surface area contributed by atoms with Crippen molar-refractivity contribution < 1.29 is 4.79 Å². The molecule has 1 saturated carbocycles. The van der Waals surface area contributed by atoms with Gasteiger partial charge in [-0.05, 0) is 51.5 Å². The maximum absolute atomic E-state index is 11.8. The van der Waals surface area contributed by atoms with Gasteiger partial charge in [0.2, 0.25) is 0 Å². The molecule has 2 nitrogen and oxygen atoms in total. The van der Waals surface area contributed by atoms with Crippen LogP contribution in [0.3, 0.4) is 0 Å². The number of aromatic nitrogens is 1. The summed E-state index contributed by atoms with van der Waals surface area (Å²) in [7, 11) is 0. The number of Topliss-reactive ketones (excluding diaryl/α,β-unsaturated/α-hetero) is 1. The zero-order valence-corrected chi connectivity index (χ0v) is 10.1. The fourth-order valence-electron chi connectivity index (χ4n) is 3.05. The Balaban J connectivity index is 2.05. The Morgan fingerprint density at radius 2 is 2.06 bits per heavy atom. The molecule has 0 bridgehead atoms. The van der Waals surface area contributed by atoms with Crippen molar-refractivity contribution in [1.29, 1.82) is 0 Å². The molecule has 1 fully saturated rings. The average Bonchev–Trinajstić information content (AvgIpc) is 2.99. The third-order valence-electron chi connectivity index (χ3n) is 4.31. The molecular weight excluding hydrogens is 198 g/mol. The van der Waals surface area contributed by atoms with Gasteiger partial charge < -0.3 is 4.57 Å². The van der Waals surface area contributed by atoms with E-state index in [1.807, 2.05) is 6.07 Å². The van der Waals surface area contributed by atoms with Crippen LogP contribution in [0, 0.1) is 5.92 Å². The number of hydrogen-bond donors (Lipinski definition) is 0. The second-order valence-corrected chi connectivity index (χ2v) is 5.75. The van der Waals surface area contributed by atoms with Crippen molar-refractivity contribution >= 4 is 5.78 Å². The first-order valence-electron chi connectivity index (χ1n) is 6.34. The van der Waals surface area contributed by atoms with E-state index in [0.717, 1.165) is 30.7 Å². The van der Waals surface area contributed by atoms with Crippen LogP contribution in [0.5, 0.6) is 0 Å². The molecule has 0 aliphatic heterocycles. The van der Waals surface area contributed by atoms with E-state index in [1.165, 1.54) is 18.5 Å². The van der Waals surface area contributed by atoms with Gasteiger partial charge in [-0.3, -0.25) is 4.79 Å². The van der Waals surface area contributed by atoms with Crippen molar-refractivity contribution in [3.8, 4) is 0 Å². The zero-order chi connectivity index (χ0) is 11.3. The van der Waals surface area contributed by atoms with Crippen LogP contribution in [0.4, 0.5) is 0 Å². The van der Waals surface area contributed by atoms with Gasteiger partial charge in [0.25, 0.3) is 0 Å².